The van der Waals surface area contributed by atoms with Gasteiger partial charge in [0.15, 0.2) is 0 Å². The molecule has 104 valence electrons. The summed E-state index contributed by atoms with van der Waals surface area (Å²) in [5.74, 6) is 2.60. The highest BCUT2D eigenvalue weighted by Gasteiger charge is 2.38. The Bertz CT molecular complexity index is 270. The van der Waals surface area contributed by atoms with Crippen LogP contribution in [-0.2, 0) is 14.3 Å². The third-order valence-corrected chi connectivity index (χ3v) is 4.24. The lowest BCUT2D eigenvalue weighted by Crippen LogP contribution is -2.29. The number of fused-ring (bicyclic) bond motifs is 2. The maximum atomic E-state index is 11.0. The van der Waals surface area contributed by atoms with Crippen molar-refractivity contribution in [3.8, 4) is 0 Å². The van der Waals surface area contributed by atoms with E-state index in [1.54, 1.807) is 6.92 Å². The molecular weight excluding hydrogens is 230 g/mol. The van der Waals surface area contributed by atoms with Crippen LogP contribution in [0.25, 0.3) is 0 Å². The van der Waals surface area contributed by atoms with E-state index in [9.17, 15) is 4.79 Å². The van der Waals surface area contributed by atoms with Gasteiger partial charge in [0.25, 0.3) is 0 Å². The number of esters is 1. The van der Waals surface area contributed by atoms with Gasteiger partial charge in [-0.1, -0.05) is 6.42 Å². The van der Waals surface area contributed by atoms with Crippen molar-refractivity contribution in [2.75, 3.05) is 32.9 Å². The fourth-order valence-electron chi connectivity index (χ4n) is 3.42. The number of carbonyl (C=O) groups is 1. The molecule has 1 N–H and O–H groups in total. The number of hydrogen-bond donors (Lipinski definition) is 1. The van der Waals surface area contributed by atoms with Crippen LogP contribution in [0.3, 0.4) is 0 Å². The summed E-state index contributed by atoms with van der Waals surface area (Å²) < 4.78 is 10.0. The molecule has 0 aromatic rings. The van der Waals surface area contributed by atoms with Gasteiger partial charge in [-0.3, -0.25) is 0 Å². The quantitative estimate of drug-likeness (QED) is 0.528. The molecule has 2 aliphatic rings. The molecule has 2 bridgehead atoms. The third kappa shape index (κ3) is 3.95. The van der Waals surface area contributed by atoms with Crippen LogP contribution in [0.15, 0.2) is 0 Å². The predicted molar refractivity (Wildman–Crippen MR) is 69.3 cm³/mol. The Labute approximate surface area is 109 Å². The Hall–Kier alpha value is -0.610. The minimum atomic E-state index is -0.273. The summed E-state index contributed by atoms with van der Waals surface area (Å²) in [7, 11) is 0. The van der Waals surface area contributed by atoms with Crippen LogP contribution < -0.4 is 5.32 Å². The molecule has 0 aromatic heterocycles. The lowest BCUT2D eigenvalue weighted by molar-refractivity contribution is -0.148. The van der Waals surface area contributed by atoms with Gasteiger partial charge in [-0.15, -0.1) is 0 Å². The topological polar surface area (TPSA) is 47.6 Å². The minimum absolute atomic E-state index is 0.0731. The molecule has 2 rings (SSSR count). The minimum Gasteiger partial charge on any atom is -0.464 e. The smallest absolute Gasteiger partial charge is 0.332 e. The average molecular weight is 255 g/mol. The van der Waals surface area contributed by atoms with E-state index in [1.807, 2.05) is 0 Å². The van der Waals surface area contributed by atoms with Crippen molar-refractivity contribution >= 4 is 5.97 Å². The molecular formula is C14H25NO3. The second kappa shape index (κ2) is 7.10. The first kappa shape index (κ1) is 13.8. The molecule has 18 heavy (non-hydrogen) atoms. The molecule has 0 radical (unpaired) electrons. The van der Waals surface area contributed by atoms with E-state index < -0.39 is 0 Å². The first-order valence-electron chi connectivity index (χ1n) is 7.23. The maximum absolute atomic E-state index is 11.0. The fourth-order valence-corrected chi connectivity index (χ4v) is 3.42. The van der Waals surface area contributed by atoms with E-state index in [1.165, 1.54) is 25.7 Å². The summed E-state index contributed by atoms with van der Waals surface area (Å²) >= 11 is 0. The van der Waals surface area contributed by atoms with Crippen LogP contribution in [-0.4, -0.2) is 38.9 Å². The SMILES string of the molecule is CCOC(=O)COCCNCC1CC2CCC1C2. The Morgan fingerprint density at radius 3 is 2.89 bits per heavy atom. The van der Waals surface area contributed by atoms with Crippen molar-refractivity contribution in [2.45, 2.75) is 32.6 Å². The lowest BCUT2D eigenvalue weighted by atomic mass is 9.89. The van der Waals surface area contributed by atoms with Crippen molar-refractivity contribution in [3.63, 3.8) is 0 Å². The third-order valence-electron chi connectivity index (χ3n) is 4.24. The first-order valence-corrected chi connectivity index (χ1v) is 7.23. The molecule has 3 unspecified atom stereocenters. The van der Waals surface area contributed by atoms with Crippen molar-refractivity contribution < 1.29 is 14.3 Å². The second-order valence-electron chi connectivity index (χ2n) is 5.50. The van der Waals surface area contributed by atoms with E-state index in [0.717, 1.165) is 30.8 Å². The molecule has 2 saturated carbocycles. The van der Waals surface area contributed by atoms with Gasteiger partial charge in [-0.2, -0.15) is 0 Å². The van der Waals surface area contributed by atoms with Gasteiger partial charge in [0, 0.05) is 6.54 Å². The van der Waals surface area contributed by atoms with Crippen LogP contribution >= 0.6 is 0 Å². The second-order valence-corrected chi connectivity index (χ2v) is 5.50. The highest BCUT2D eigenvalue weighted by molar-refractivity contribution is 5.70. The Kier molecular flexibility index (Phi) is 5.45. The molecule has 3 atom stereocenters. The number of nitrogens with one attached hydrogen (secondary N) is 1. The van der Waals surface area contributed by atoms with Gasteiger partial charge in [0.05, 0.1) is 13.2 Å². The molecule has 0 heterocycles. The van der Waals surface area contributed by atoms with Gasteiger partial charge < -0.3 is 14.8 Å². The van der Waals surface area contributed by atoms with Crippen molar-refractivity contribution in [1.29, 1.82) is 0 Å². The molecule has 2 aliphatic carbocycles. The van der Waals surface area contributed by atoms with Crippen molar-refractivity contribution in [3.05, 3.63) is 0 Å². The summed E-state index contributed by atoms with van der Waals surface area (Å²) in [6.07, 6.45) is 5.78. The molecule has 0 spiro atoms. The lowest BCUT2D eigenvalue weighted by Gasteiger charge is -2.21. The Balaban J connectivity index is 1.43. The van der Waals surface area contributed by atoms with Crippen LogP contribution in [0.1, 0.15) is 32.6 Å². The molecule has 0 saturated heterocycles. The average Bonchev–Trinajstić information content (AvgIpc) is 2.96. The predicted octanol–water partition coefficient (Wildman–Crippen LogP) is 1.59. The first-order chi connectivity index (χ1) is 8.79. The van der Waals surface area contributed by atoms with E-state index in [2.05, 4.69) is 5.32 Å². The van der Waals surface area contributed by atoms with Gasteiger partial charge in [-0.25, -0.2) is 4.79 Å². The highest BCUT2D eigenvalue weighted by Crippen LogP contribution is 2.47. The Morgan fingerprint density at radius 1 is 1.33 bits per heavy atom. The largest absolute Gasteiger partial charge is 0.464 e. The van der Waals surface area contributed by atoms with E-state index in [-0.39, 0.29) is 12.6 Å². The van der Waals surface area contributed by atoms with Gasteiger partial charge in [0.2, 0.25) is 0 Å². The summed E-state index contributed by atoms with van der Waals surface area (Å²) in [6.45, 7) is 4.82. The van der Waals surface area contributed by atoms with Gasteiger partial charge in [-0.05, 0) is 50.5 Å². The Morgan fingerprint density at radius 2 is 2.22 bits per heavy atom. The zero-order chi connectivity index (χ0) is 12.8. The van der Waals surface area contributed by atoms with Crippen molar-refractivity contribution in [1.82, 2.24) is 5.32 Å². The molecule has 4 heteroatoms. The van der Waals surface area contributed by atoms with E-state index in [4.69, 9.17) is 9.47 Å². The highest BCUT2D eigenvalue weighted by atomic mass is 16.6. The van der Waals surface area contributed by atoms with E-state index in [0.29, 0.717) is 13.2 Å². The number of rotatable bonds is 8. The summed E-state index contributed by atoms with van der Waals surface area (Å²) in [5, 5.41) is 3.44. The monoisotopic (exact) mass is 255 g/mol. The number of ether oxygens (including phenoxy) is 2. The summed E-state index contributed by atoms with van der Waals surface area (Å²) in [4.78, 5) is 11.0. The molecule has 4 nitrogen and oxygen atoms in total. The zero-order valence-corrected chi connectivity index (χ0v) is 11.3. The molecule has 2 fully saturated rings. The van der Waals surface area contributed by atoms with Crippen LogP contribution in [0.2, 0.25) is 0 Å². The van der Waals surface area contributed by atoms with Crippen LogP contribution in [0, 0.1) is 17.8 Å². The maximum Gasteiger partial charge on any atom is 0.332 e. The number of carbonyl (C=O) groups excluding carboxylic acids is 1. The normalized spacial score (nSPS) is 29.7. The van der Waals surface area contributed by atoms with Gasteiger partial charge in [0.1, 0.15) is 6.61 Å². The number of hydrogen-bond acceptors (Lipinski definition) is 4. The summed E-state index contributed by atoms with van der Waals surface area (Å²) in [5.41, 5.74) is 0. The fraction of sp³-hybridized carbons (Fsp3) is 0.929. The molecule has 0 amide bonds. The zero-order valence-electron chi connectivity index (χ0n) is 11.3. The van der Waals surface area contributed by atoms with E-state index >= 15 is 0 Å². The van der Waals surface area contributed by atoms with Crippen LogP contribution in [0.4, 0.5) is 0 Å². The summed E-state index contributed by atoms with van der Waals surface area (Å²) in [6, 6.07) is 0. The van der Waals surface area contributed by atoms with Gasteiger partial charge >= 0.3 is 5.97 Å². The molecule has 0 aliphatic heterocycles. The standard InChI is InChI=1S/C14H25NO3/c1-2-18-14(16)10-17-6-5-15-9-13-8-11-3-4-12(13)7-11/h11-13,15H,2-10H2,1H3. The van der Waals surface area contributed by atoms with Crippen molar-refractivity contribution in [2.24, 2.45) is 17.8 Å². The molecule has 0 aromatic carbocycles. The van der Waals surface area contributed by atoms with Crippen LogP contribution in [0.5, 0.6) is 0 Å².